The number of nitrogens with two attached hydrogens (primary N) is 1. The van der Waals surface area contributed by atoms with Gasteiger partial charge in [-0.2, -0.15) is 5.10 Å². The predicted octanol–water partition coefficient (Wildman–Crippen LogP) is 3.57. The molecule has 2 aromatic heterocycles. The van der Waals surface area contributed by atoms with Crippen molar-refractivity contribution in [1.82, 2.24) is 19.7 Å². The van der Waals surface area contributed by atoms with E-state index in [1.807, 2.05) is 0 Å². The van der Waals surface area contributed by atoms with Crippen LogP contribution in [0.1, 0.15) is 43.2 Å². The van der Waals surface area contributed by atoms with Gasteiger partial charge in [0.2, 0.25) is 0 Å². The van der Waals surface area contributed by atoms with E-state index >= 15 is 0 Å². The van der Waals surface area contributed by atoms with Gasteiger partial charge < -0.3 is 11.1 Å². The van der Waals surface area contributed by atoms with Crippen LogP contribution in [-0.2, 0) is 0 Å². The van der Waals surface area contributed by atoms with Crippen LogP contribution in [0.2, 0.25) is 0 Å². The van der Waals surface area contributed by atoms with Gasteiger partial charge in [-0.05, 0) is 30.6 Å². The molecule has 26 heavy (non-hydrogen) atoms. The highest BCUT2D eigenvalue weighted by molar-refractivity contribution is 7.16. The minimum atomic E-state index is 0.412. The van der Waals surface area contributed by atoms with Crippen molar-refractivity contribution >= 4 is 31.8 Å². The molecule has 1 aliphatic heterocycles. The van der Waals surface area contributed by atoms with Crippen molar-refractivity contribution in [1.29, 1.82) is 0 Å². The van der Waals surface area contributed by atoms with E-state index in [1.54, 1.807) is 6.33 Å². The first-order valence-corrected chi connectivity index (χ1v) is 10.1. The van der Waals surface area contributed by atoms with Crippen molar-refractivity contribution in [2.45, 2.75) is 37.6 Å². The molecule has 1 saturated carbocycles. The van der Waals surface area contributed by atoms with E-state index in [2.05, 4.69) is 47.4 Å². The van der Waals surface area contributed by atoms with E-state index in [0.29, 0.717) is 17.8 Å². The summed E-state index contributed by atoms with van der Waals surface area (Å²) < 4.78 is 2.09. The van der Waals surface area contributed by atoms with Crippen molar-refractivity contribution in [2.24, 2.45) is 0 Å². The summed E-state index contributed by atoms with van der Waals surface area (Å²) in [6, 6.07) is 6.99. The Morgan fingerprint density at radius 3 is 2.88 bits per heavy atom. The summed E-state index contributed by atoms with van der Waals surface area (Å²) in [6.07, 6.45) is 7.42. The minimum Gasteiger partial charge on any atom is -0.384 e. The number of nitrogens with one attached hydrogen (secondary N) is 1. The molecule has 2 aliphatic rings. The lowest BCUT2D eigenvalue weighted by atomic mass is 10.00. The van der Waals surface area contributed by atoms with Gasteiger partial charge in [0.05, 0.1) is 11.4 Å². The van der Waals surface area contributed by atoms with Crippen molar-refractivity contribution < 1.29 is 0 Å². The standard InChI is InChI=1S/C19H23N6P/c20-18-16-17(11-5-6-14-12(9-26)8-21-15(14)7-11)24-25(13-3-1-2-4-13)19(16)23-10-22-18/h5-7,10,12-13,21H,1-4,8-9,26H2,(H2,20,22,23). The van der Waals surface area contributed by atoms with Gasteiger partial charge in [0.1, 0.15) is 17.8 Å². The summed E-state index contributed by atoms with van der Waals surface area (Å²) in [5.41, 5.74) is 11.6. The Labute approximate surface area is 154 Å². The zero-order valence-corrected chi connectivity index (χ0v) is 15.8. The summed E-state index contributed by atoms with van der Waals surface area (Å²) in [5, 5.41) is 9.37. The lowest BCUT2D eigenvalue weighted by Gasteiger charge is -2.10. The molecule has 6 nitrogen and oxygen atoms in total. The highest BCUT2D eigenvalue weighted by Gasteiger charge is 2.26. The van der Waals surface area contributed by atoms with Gasteiger partial charge in [-0.15, -0.1) is 9.24 Å². The average Bonchev–Trinajstić information content (AvgIpc) is 3.39. The summed E-state index contributed by atoms with van der Waals surface area (Å²) >= 11 is 0. The van der Waals surface area contributed by atoms with Gasteiger partial charge in [-0.3, -0.25) is 0 Å². The minimum absolute atomic E-state index is 0.412. The third kappa shape index (κ3) is 2.39. The number of hydrogen-bond donors (Lipinski definition) is 2. The monoisotopic (exact) mass is 366 g/mol. The number of anilines is 2. The first-order chi connectivity index (χ1) is 12.8. The van der Waals surface area contributed by atoms with Gasteiger partial charge in [0, 0.05) is 23.7 Å². The van der Waals surface area contributed by atoms with Crippen LogP contribution in [0.15, 0.2) is 24.5 Å². The van der Waals surface area contributed by atoms with Crippen LogP contribution < -0.4 is 11.1 Å². The third-order valence-electron chi connectivity index (χ3n) is 5.78. The summed E-state index contributed by atoms with van der Waals surface area (Å²) in [7, 11) is 2.85. The molecular weight excluding hydrogens is 343 g/mol. The SMILES string of the molecule is Nc1ncnc2c1c(-c1ccc3c(c1)NCC3CP)nn2C1CCCC1. The molecule has 7 heteroatoms. The van der Waals surface area contributed by atoms with Crippen molar-refractivity contribution in [3.05, 3.63) is 30.1 Å². The molecule has 0 bridgehead atoms. The number of nitrogen functional groups attached to an aromatic ring is 1. The summed E-state index contributed by atoms with van der Waals surface area (Å²) in [5.74, 6) is 1.07. The molecule has 3 N–H and O–H groups in total. The smallest absolute Gasteiger partial charge is 0.164 e. The van der Waals surface area contributed by atoms with E-state index in [-0.39, 0.29) is 0 Å². The van der Waals surface area contributed by atoms with Crippen LogP contribution in [0.3, 0.4) is 0 Å². The molecule has 0 amide bonds. The van der Waals surface area contributed by atoms with Crippen molar-refractivity contribution in [3.63, 3.8) is 0 Å². The maximum atomic E-state index is 6.24. The highest BCUT2D eigenvalue weighted by Crippen LogP contribution is 2.39. The normalized spacial score (nSPS) is 19.8. The number of aromatic nitrogens is 4. The van der Waals surface area contributed by atoms with Crippen LogP contribution in [0.25, 0.3) is 22.3 Å². The molecule has 1 aromatic carbocycles. The number of hydrogen-bond acceptors (Lipinski definition) is 5. The van der Waals surface area contributed by atoms with Crippen LogP contribution in [0, 0.1) is 0 Å². The lowest BCUT2D eigenvalue weighted by molar-refractivity contribution is 0.479. The molecule has 2 atom stereocenters. The van der Waals surface area contributed by atoms with E-state index < -0.39 is 0 Å². The molecule has 2 unspecified atom stereocenters. The summed E-state index contributed by atoms with van der Waals surface area (Å²) in [4.78, 5) is 8.75. The quantitative estimate of drug-likeness (QED) is 0.693. The maximum absolute atomic E-state index is 6.24. The Kier molecular flexibility index (Phi) is 3.82. The fourth-order valence-electron chi connectivity index (χ4n) is 4.37. The first-order valence-electron chi connectivity index (χ1n) is 9.33. The zero-order valence-electron chi connectivity index (χ0n) is 14.7. The largest absolute Gasteiger partial charge is 0.384 e. The van der Waals surface area contributed by atoms with Crippen LogP contribution in [0.5, 0.6) is 0 Å². The van der Waals surface area contributed by atoms with Gasteiger partial charge in [0.15, 0.2) is 5.65 Å². The molecule has 1 aliphatic carbocycles. The van der Waals surface area contributed by atoms with Crippen LogP contribution in [-0.4, -0.2) is 32.5 Å². The molecule has 0 spiro atoms. The van der Waals surface area contributed by atoms with E-state index in [1.165, 1.54) is 24.1 Å². The second-order valence-corrected chi connectivity index (χ2v) is 7.78. The lowest BCUT2D eigenvalue weighted by Crippen LogP contribution is -2.07. The number of fused-ring (bicyclic) bond motifs is 2. The number of benzene rings is 1. The van der Waals surface area contributed by atoms with Gasteiger partial charge in [0.25, 0.3) is 0 Å². The molecule has 1 fully saturated rings. The zero-order chi connectivity index (χ0) is 17.7. The van der Waals surface area contributed by atoms with Gasteiger partial charge >= 0.3 is 0 Å². The van der Waals surface area contributed by atoms with Crippen molar-refractivity contribution in [3.8, 4) is 11.3 Å². The molecule has 3 aromatic rings. The third-order valence-corrected chi connectivity index (χ3v) is 6.35. The Balaban J connectivity index is 1.68. The fourth-order valence-corrected chi connectivity index (χ4v) is 4.79. The Morgan fingerprint density at radius 2 is 2.08 bits per heavy atom. The van der Waals surface area contributed by atoms with Crippen molar-refractivity contribution in [2.75, 3.05) is 23.8 Å². The molecule has 3 heterocycles. The second kappa shape index (κ2) is 6.20. The van der Waals surface area contributed by atoms with E-state index in [4.69, 9.17) is 10.8 Å². The Bertz CT molecular complexity index is 976. The molecule has 0 radical (unpaired) electrons. The fraction of sp³-hybridized carbons (Fsp3) is 0.421. The van der Waals surface area contributed by atoms with Crippen LogP contribution in [0.4, 0.5) is 11.5 Å². The highest BCUT2D eigenvalue weighted by atomic mass is 31.0. The molecule has 5 rings (SSSR count). The molecule has 0 saturated heterocycles. The predicted molar refractivity (Wildman–Crippen MR) is 108 cm³/mol. The average molecular weight is 366 g/mol. The van der Waals surface area contributed by atoms with Gasteiger partial charge in [-0.25, -0.2) is 14.6 Å². The molecular formula is C19H23N6P. The van der Waals surface area contributed by atoms with E-state index in [9.17, 15) is 0 Å². The van der Waals surface area contributed by atoms with Gasteiger partial charge in [-0.1, -0.05) is 25.0 Å². The van der Waals surface area contributed by atoms with E-state index in [0.717, 1.165) is 47.8 Å². The Morgan fingerprint density at radius 1 is 1.23 bits per heavy atom. The topological polar surface area (TPSA) is 81.7 Å². The first kappa shape index (κ1) is 16.0. The molecule has 134 valence electrons. The maximum Gasteiger partial charge on any atom is 0.164 e. The second-order valence-electron chi connectivity index (χ2n) is 7.30. The number of nitrogens with zero attached hydrogens (tertiary/aromatic N) is 4. The number of rotatable bonds is 3. The van der Waals surface area contributed by atoms with Crippen LogP contribution >= 0.6 is 9.24 Å². The summed E-state index contributed by atoms with van der Waals surface area (Å²) in [6.45, 7) is 0.991. The Hall–Kier alpha value is -2.20.